The minimum Gasteiger partial charge on any atom is -0.394 e. The maximum Gasteiger partial charge on any atom is 0.271 e. The molecule has 1 aliphatic rings. The van der Waals surface area contributed by atoms with Crippen LogP contribution < -0.4 is 0 Å². The highest BCUT2D eigenvalue weighted by Gasteiger charge is 2.34. The zero-order valence-corrected chi connectivity index (χ0v) is 25.6. The van der Waals surface area contributed by atoms with E-state index >= 15 is 0 Å². The number of aliphatic hydroxyl groups excluding tert-OH is 1. The molecular weight excluding hydrogens is 542 g/mol. The van der Waals surface area contributed by atoms with Crippen molar-refractivity contribution in [1.82, 2.24) is 14.4 Å². The van der Waals surface area contributed by atoms with Gasteiger partial charge in [0.25, 0.3) is 11.8 Å². The number of rotatable bonds is 7. The van der Waals surface area contributed by atoms with Crippen molar-refractivity contribution in [2.75, 3.05) is 33.9 Å². The molecule has 43 heavy (non-hydrogen) atoms. The summed E-state index contributed by atoms with van der Waals surface area (Å²) in [4.78, 5) is 31.5. The van der Waals surface area contributed by atoms with E-state index in [-0.39, 0.29) is 24.3 Å². The minimum absolute atomic E-state index is 0.148. The highest BCUT2D eigenvalue weighted by Crippen LogP contribution is 2.38. The van der Waals surface area contributed by atoms with Gasteiger partial charge < -0.3 is 28.9 Å². The van der Waals surface area contributed by atoms with Crippen LogP contribution in [0.1, 0.15) is 41.6 Å². The number of hydrogen-bond acceptors (Lipinski definition) is 5. The van der Waals surface area contributed by atoms with Gasteiger partial charge >= 0.3 is 0 Å². The first-order valence-electron chi connectivity index (χ1n) is 14.8. The lowest BCUT2D eigenvalue weighted by Gasteiger charge is -2.35. The summed E-state index contributed by atoms with van der Waals surface area (Å²) in [5.74, 6) is -0.477. The van der Waals surface area contributed by atoms with E-state index in [1.54, 1.807) is 16.8 Å². The number of fused-ring (bicyclic) bond motifs is 5. The van der Waals surface area contributed by atoms with Crippen molar-refractivity contribution in [2.24, 2.45) is 13.0 Å². The molecule has 0 bridgehead atoms. The normalized spacial score (nSPS) is 18.8. The second kappa shape index (κ2) is 13.1. The summed E-state index contributed by atoms with van der Waals surface area (Å²) in [6, 6.07) is 25.1. The van der Waals surface area contributed by atoms with Gasteiger partial charge in [0.1, 0.15) is 5.69 Å². The molecule has 0 saturated heterocycles. The summed E-state index contributed by atoms with van der Waals surface area (Å²) in [6.45, 7) is 4.67. The van der Waals surface area contributed by atoms with Gasteiger partial charge in [0.05, 0.1) is 25.4 Å². The van der Waals surface area contributed by atoms with Crippen molar-refractivity contribution in [3.05, 3.63) is 95.7 Å². The number of aliphatic hydroxyl groups is 1. The Morgan fingerprint density at radius 3 is 2.47 bits per heavy atom. The van der Waals surface area contributed by atoms with Gasteiger partial charge in [-0.1, -0.05) is 79.7 Å². The van der Waals surface area contributed by atoms with Crippen LogP contribution in [-0.2, 0) is 27.9 Å². The first-order valence-corrected chi connectivity index (χ1v) is 14.8. The van der Waals surface area contributed by atoms with Gasteiger partial charge in [0.2, 0.25) is 0 Å². The van der Waals surface area contributed by atoms with Gasteiger partial charge in [-0.05, 0) is 29.7 Å². The second-order valence-electron chi connectivity index (χ2n) is 11.5. The third kappa shape index (κ3) is 5.95. The summed E-state index contributed by atoms with van der Waals surface area (Å²) in [5, 5.41) is 11.2. The van der Waals surface area contributed by atoms with Gasteiger partial charge in [0, 0.05) is 56.7 Å². The summed E-state index contributed by atoms with van der Waals surface area (Å²) < 4.78 is 14.2. The van der Waals surface area contributed by atoms with E-state index < -0.39 is 18.2 Å². The number of likely N-dealkylation sites (N-methyl/N-ethyl adjacent to an activating group) is 1. The van der Waals surface area contributed by atoms with Gasteiger partial charge in [-0.15, -0.1) is 0 Å². The van der Waals surface area contributed by atoms with Crippen LogP contribution in [0.3, 0.4) is 0 Å². The van der Waals surface area contributed by atoms with Crippen molar-refractivity contribution in [3.8, 4) is 11.1 Å². The number of ether oxygens (including phenoxy) is 2. The van der Waals surface area contributed by atoms with E-state index in [0.717, 1.165) is 33.2 Å². The van der Waals surface area contributed by atoms with Crippen LogP contribution in [0.25, 0.3) is 22.0 Å². The number of carbonyl (C=O) groups is 2. The number of nitrogens with zero attached hydrogens (tertiary/aromatic N) is 3. The molecule has 0 unspecified atom stereocenters. The standard InChI is InChI=1S/C35H41N3O5/c1-23-19-38(24(2)21-39)34(40)32-31(28-17-11-12-18-29(28)37(32)4)27-16-10-9-15-26(27)22-43-30(23)20-36(3)35(41)33(42-5)25-13-7-6-8-14-25/h6-18,23-24,30,33,39H,19-22H2,1-5H3/t23-,24-,30+,33+/m1/s1. The highest BCUT2D eigenvalue weighted by molar-refractivity contribution is 6.10. The number of methoxy groups -OCH3 is 1. The Morgan fingerprint density at radius 1 is 1.07 bits per heavy atom. The molecule has 1 aromatic heterocycles. The average molecular weight is 584 g/mol. The fourth-order valence-electron chi connectivity index (χ4n) is 6.09. The fourth-order valence-corrected chi connectivity index (χ4v) is 6.09. The monoisotopic (exact) mass is 583 g/mol. The average Bonchev–Trinajstić information content (AvgIpc) is 3.32. The first-order chi connectivity index (χ1) is 20.8. The Labute approximate surface area is 253 Å². The number of aryl methyl sites for hydroxylation is 1. The molecule has 0 radical (unpaired) electrons. The summed E-state index contributed by atoms with van der Waals surface area (Å²) in [5.41, 5.74) is 5.08. The zero-order valence-electron chi connectivity index (χ0n) is 25.6. The molecule has 0 aliphatic carbocycles. The second-order valence-corrected chi connectivity index (χ2v) is 11.5. The molecule has 3 aromatic carbocycles. The molecular formula is C35H41N3O5. The molecule has 1 N–H and O–H groups in total. The fraction of sp³-hybridized carbons (Fsp3) is 0.371. The summed E-state index contributed by atoms with van der Waals surface area (Å²) in [6.07, 6.45) is -1.13. The molecule has 0 spiro atoms. The number of benzene rings is 3. The largest absolute Gasteiger partial charge is 0.394 e. The van der Waals surface area contributed by atoms with Crippen LogP contribution in [0.5, 0.6) is 0 Å². The third-order valence-corrected chi connectivity index (χ3v) is 8.62. The van der Waals surface area contributed by atoms with Gasteiger partial charge in [-0.25, -0.2) is 0 Å². The van der Waals surface area contributed by atoms with Crippen LogP contribution in [0, 0.1) is 5.92 Å². The lowest BCUT2D eigenvalue weighted by molar-refractivity contribution is -0.143. The van der Waals surface area contributed by atoms with E-state index in [1.807, 2.05) is 104 Å². The SMILES string of the molecule is CO[C@H](C(=O)N(C)C[C@@H]1OCc2ccccc2-c2c(n(C)c3ccccc23)C(=O)N([C@H](C)CO)C[C@H]1C)c1ccccc1. The Morgan fingerprint density at radius 2 is 1.74 bits per heavy atom. The van der Waals surface area contributed by atoms with Gasteiger partial charge in [-0.2, -0.15) is 0 Å². The molecule has 2 heterocycles. The topological polar surface area (TPSA) is 84.2 Å². The lowest BCUT2D eigenvalue weighted by atomic mass is 9.96. The quantitative estimate of drug-likeness (QED) is 0.329. The van der Waals surface area contributed by atoms with Crippen LogP contribution in [-0.4, -0.2) is 77.3 Å². The van der Waals surface area contributed by atoms with Crippen molar-refractivity contribution >= 4 is 22.7 Å². The van der Waals surface area contributed by atoms with Crippen molar-refractivity contribution in [1.29, 1.82) is 0 Å². The maximum absolute atomic E-state index is 14.5. The number of hydrogen-bond donors (Lipinski definition) is 1. The number of amides is 2. The molecule has 5 rings (SSSR count). The van der Waals surface area contributed by atoms with Gasteiger partial charge in [-0.3, -0.25) is 9.59 Å². The molecule has 0 fully saturated rings. The van der Waals surface area contributed by atoms with E-state index in [9.17, 15) is 14.7 Å². The zero-order chi connectivity index (χ0) is 30.7. The molecule has 8 heteroatoms. The summed E-state index contributed by atoms with van der Waals surface area (Å²) in [7, 11) is 5.21. The highest BCUT2D eigenvalue weighted by atomic mass is 16.5. The predicted octanol–water partition coefficient (Wildman–Crippen LogP) is 5.05. The molecule has 0 saturated carbocycles. The van der Waals surface area contributed by atoms with E-state index in [2.05, 4.69) is 0 Å². The Kier molecular flexibility index (Phi) is 9.30. The van der Waals surface area contributed by atoms with Crippen LogP contribution in [0.15, 0.2) is 78.9 Å². The molecule has 2 amide bonds. The summed E-state index contributed by atoms with van der Waals surface area (Å²) >= 11 is 0. The van der Waals surface area contributed by atoms with E-state index in [4.69, 9.17) is 9.47 Å². The Balaban J connectivity index is 1.55. The molecule has 8 nitrogen and oxygen atoms in total. The number of aromatic nitrogens is 1. The van der Waals surface area contributed by atoms with Gasteiger partial charge in [0.15, 0.2) is 6.10 Å². The van der Waals surface area contributed by atoms with Crippen molar-refractivity contribution in [2.45, 2.75) is 38.7 Å². The number of carbonyl (C=O) groups excluding carboxylic acids is 2. The Hall–Kier alpha value is -3.98. The van der Waals surface area contributed by atoms with E-state index in [1.165, 1.54) is 7.11 Å². The van der Waals surface area contributed by atoms with Crippen molar-refractivity contribution in [3.63, 3.8) is 0 Å². The van der Waals surface area contributed by atoms with Crippen LogP contribution in [0.2, 0.25) is 0 Å². The molecule has 1 aliphatic heterocycles. The minimum atomic E-state index is -0.736. The van der Waals surface area contributed by atoms with Crippen molar-refractivity contribution < 1.29 is 24.2 Å². The molecule has 226 valence electrons. The van der Waals surface area contributed by atoms with Crippen LogP contribution in [0.4, 0.5) is 0 Å². The Bertz CT molecular complexity index is 1580. The van der Waals surface area contributed by atoms with Crippen LogP contribution >= 0.6 is 0 Å². The molecule has 4 atom stereocenters. The smallest absolute Gasteiger partial charge is 0.271 e. The lowest BCUT2D eigenvalue weighted by Crippen LogP contribution is -2.48. The number of para-hydroxylation sites is 1. The maximum atomic E-state index is 14.5. The third-order valence-electron chi connectivity index (χ3n) is 8.62. The van der Waals surface area contributed by atoms with E-state index in [0.29, 0.717) is 25.4 Å². The molecule has 4 aromatic rings. The first kappa shape index (κ1) is 30.5. The predicted molar refractivity (Wildman–Crippen MR) is 168 cm³/mol.